The van der Waals surface area contributed by atoms with Crippen LogP contribution in [0.4, 0.5) is 5.69 Å². The SMILES string of the molecule is CCN(CCCN(C)C)c1cccc(OC)c1C(C)NC. The van der Waals surface area contributed by atoms with Crippen LogP contribution in [-0.2, 0) is 0 Å². The molecule has 0 spiro atoms. The van der Waals surface area contributed by atoms with E-state index in [1.807, 2.05) is 13.1 Å². The summed E-state index contributed by atoms with van der Waals surface area (Å²) in [4.78, 5) is 4.67. The van der Waals surface area contributed by atoms with Crippen molar-refractivity contribution in [1.82, 2.24) is 10.2 Å². The minimum atomic E-state index is 0.263. The van der Waals surface area contributed by atoms with Gasteiger partial charge in [0, 0.05) is 30.4 Å². The van der Waals surface area contributed by atoms with Gasteiger partial charge in [0.25, 0.3) is 0 Å². The first kappa shape index (κ1) is 17.8. The second-order valence-corrected chi connectivity index (χ2v) is 5.64. The molecule has 0 aliphatic rings. The lowest BCUT2D eigenvalue weighted by Crippen LogP contribution is -2.29. The van der Waals surface area contributed by atoms with Gasteiger partial charge in [-0.25, -0.2) is 0 Å². The summed E-state index contributed by atoms with van der Waals surface area (Å²) in [7, 11) is 7.98. The van der Waals surface area contributed by atoms with Gasteiger partial charge in [0.1, 0.15) is 5.75 Å². The van der Waals surface area contributed by atoms with Gasteiger partial charge in [-0.15, -0.1) is 0 Å². The van der Waals surface area contributed by atoms with Crippen LogP contribution in [0.5, 0.6) is 5.75 Å². The van der Waals surface area contributed by atoms with E-state index < -0.39 is 0 Å². The Labute approximate surface area is 130 Å². The summed E-state index contributed by atoms with van der Waals surface area (Å²) < 4.78 is 5.57. The number of anilines is 1. The Morgan fingerprint density at radius 2 is 1.95 bits per heavy atom. The van der Waals surface area contributed by atoms with Gasteiger partial charge in [-0.2, -0.15) is 0 Å². The molecule has 0 heterocycles. The van der Waals surface area contributed by atoms with Crippen LogP contribution in [0.15, 0.2) is 18.2 Å². The van der Waals surface area contributed by atoms with E-state index in [2.05, 4.69) is 55.2 Å². The van der Waals surface area contributed by atoms with Crippen LogP contribution in [0.2, 0.25) is 0 Å². The number of methoxy groups -OCH3 is 1. The Balaban J connectivity index is 3.02. The highest BCUT2D eigenvalue weighted by atomic mass is 16.5. The fourth-order valence-corrected chi connectivity index (χ4v) is 2.59. The second kappa shape index (κ2) is 8.90. The molecule has 0 saturated heterocycles. The van der Waals surface area contributed by atoms with E-state index in [4.69, 9.17) is 4.74 Å². The smallest absolute Gasteiger partial charge is 0.125 e. The number of nitrogens with one attached hydrogen (secondary N) is 1. The Hall–Kier alpha value is -1.26. The first-order chi connectivity index (χ1) is 10.0. The molecule has 1 aromatic rings. The topological polar surface area (TPSA) is 27.7 Å². The maximum absolute atomic E-state index is 5.57. The van der Waals surface area contributed by atoms with Crippen molar-refractivity contribution in [3.05, 3.63) is 23.8 Å². The lowest BCUT2D eigenvalue weighted by molar-refractivity contribution is 0.398. The molecule has 0 aromatic heterocycles. The van der Waals surface area contributed by atoms with E-state index in [0.29, 0.717) is 0 Å². The third-order valence-corrected chi connectivity index (χ3v) is 3.88. The number of hydrogen-bond donors (Lipinski definition) is 1. The van der Waals surface area contributed by atoms with Crippen LogP contribution < -0.4 is 15.0 Å². The molecule has 1 aromatic carbocycles. The van der Waals surface area contributed by atoms with E-state index >= 15 is 0 Å². The Bertz CT molecular complexity index is 420. The molecule has 4 nitrogen and oxygen atoms in total. The first-order valence-electron chi connectivity index (χ1n) is 7.78. The quantitative estimate of drug-likeness (QED) is 0.758. The minimum Gasteiger partial charge on any atom is -0.496 e. The number of hydrogen-bond acceptors (Lipinski definition) is 4. The van der Waals surface area contributed by atoms with Crippen LogP contribution in [0, 0.1) is 0 Å². The minimum absolute atomic E-state index is 0.263. The van der Waals surface area contributed by atoms with E-state index in [-0.39, 0.29) is 6.04 Å². The van der Waals surface area contributed by atoms with E-state index in [9.17, 15) is 0 Å². The molecule has 120 valence electrons. The van der Waals surface area contributed by atoms with Gasteiger partial charge in [0.15, 0.2) is 0 Å². The molecule has 0 bridgehead atoms. The standard InChI is InChI=1S/C17H31N3O/c1-7-20(13-9-12-19(4)5)15-10-8-11-16(21-6)17(15)14(2)18-3/h8,10-11,14,18H,7,9,12-13H2,1-6H3. The van der Waals surface area contributed by atoms with E-state index in [1.54, 1.807) is 7.11 Å². The summed E-state index contributed by atoms with van der Waals surface area (Å²) >= 11 is 0. The third kappa shape index (κ3) is 4.90. The maximum Gasteiger partial charge on any atom is 0.125 e. The number of benzene rings is 1. The molecule has 0 fully saturated rings. The predicted molar refractivity (Wildman–Crippen MR) is 91.5 cm³/mol. The van der Waals surface area contributed by atoms with Gasteiger partial charge >= 0.3 is 0 Å². The second-order valence-electron chi connectivity index (χ2n) is 5.64. The van der Waals surface area contributed by atoms with Crippen LogP contribution in [0.25, 0.3) is 0 Å². The highest BCUT2D eigenvalue weighted by Gasteiger charge is 2.18. The van der Waals surface area contributed by atoms with Crippen LogP contribution in [0.3, 0.4) is 0 Å². The molecule has 0 saturated carbocycles. The molecule has 0 radical (unpaired) electrons. The van der Waals surface area contributed by atoms with Crippen molar-refractivity contribution in [1.29, 1.82) is 0 Å². The summed E-state index contributed by atoms with van der Waals surface area (Å²) in [5, 5.41) is 3.33. The van der Waals surface area contributed by atoms with Crippen molar-refractivity contribution < 1.29 is 4.74 Å². The Kier molecular flexibility index (Phi) is 7.54. The maximum atomic E-state index is 5.57. The normalized spacial score (nSPS) is 12.5. The molecule has 4 heteroatoms. The van der Waals surface area contributed by atoms with E-state index in [1.165, 1.54) is 11.3 Å². The first-order valence-corrected chi connectivity index (χ1v) is 7.78. The average molecular weight is 293 g/mol. The Morgan fingerprint density at radius 1 is 1.24 bits per heavy atom. The third-order valence-electron chi connectivity index (χ3n) is 3.88. The van der Waals surface area contributed by atoms with Gasteiger partial charge in [0.2, 0.25) is 0 Å². The fraction of sp³-hybridized carbons (Fsp3) is 0.647. The molecule has 0 aliphatic heterocycles. The van der Waals surface area contributed by atoms with Crippen LogP contribution in [0.1, 0.15) is 31.9 Å². The van der Waals surface area contributed by atoms with Crippen molar-refractivity contribution in [3.8, 4) is 5.75 Å². The van der Waals surface area contributed by atoms with Gasteiger partial charge in [-0.05, 0) is 60.1 Å². The molecule has 1 N–H and O–H groups in total. The van der Waals surface area contributed by atoms with Crippen molar-refractivity contribution in [3.63, 3.8) is 0 Å². The summed E-state index contributed by atoms with van der Waals surface area (Å²) in [5.74, 6) is 0.959. The average Bonchev–Trinajstić information content (AvgIpc) is 2.49. The van der Waals surface area contributed by atoms with Crippen LogP contribution in [-0.4, -0.2) is 52.8 Å². The number of ether oxygens (including phenoxy) is 1. The zero-order valence-electron chi connectivity index (χ0n) is 14.4. The van der Waals surface area contributed by atoms with Gasteiger partial charge in [-0.3, -0.25) is 0 Å². The summed E-state index contributed by atoms with van der Waals surface area (Å²) in [6.45, 7) is 7.56. The molecule has 0 amide bonds. The van der Waals surface area contributed by atoms with E-state index in [0.717, 1.165) is 31.8 Å². The highest BCUT2D eigenvalue weighted by Crippen LogP contribution is 2.34. The molecule has 1 atom stereocenters. The van der Waals surface area contributed by atoms with Crippen molar-refractivity contribution in [2.24, 2.45) is 0 Å². The molecular formula is C17H31N3O. The van der Waals surface area contributed by atoms with Gasteiger partial charge in [-0.1, -0.05) is 6.07 Å². The fourth-order valence-electron chi connectivity index (χ4n) is 2.59. The monoisotopic (exact) mass is 293 g/mol. The molecular weight excluding hydrogens is 262 g/mol. The summed E-state index contributed by atoms with van der Waals surface area (Å²) in [5.41, 5.74) is 2.52. The molecule has 0 aliphatic carbocycles. The predicted octanol–water partition coefficient (Wildman–Crippen LogP) is 2.75. The summed E-state index contributed by atoms with van der Waals surface area (Å²) in [6, 6.07) is 6.58. The lowest BCUT2D eigenvalue weighted by Gasteiger charge is -2.29. The van der Waals surface area contributed by atoms with Gasteiger partial charge in [0.05, 0.1) is 7.11 Å². The van der Waals surface area contributed by atoms with Gasteiger partial charge < -0.3 is 19.9 Å². The van der Waals surface area contributed by atoms with Crippen LogP contribution >= 0.6 is 0 Å². The molecule has 21 heavy (non-hydrogen) atoms. The number of nitrogens with zero attached hydrogens (tertiary/aromatic N) is 2. The van der Waals surface area contributed by atoms with Crippen molar-refractivity contribution >= 4 is 5.69 Å². The van der Waals surface area contributed by atoms with Crippen molar-refractivity contribution in [2.75, 3.05) is 52.8 Å². The number of rotatable bonds is 9. The zero-order valence-corrected chi connectivity index (χ0v) is 14.4. The largest absolute Gasteiger partial charge is 0.496 e. The molecule has 1 unspecified atom stereocenters. The molecule has 1 rings (SSSR count). The Morgan fingerprint density at radius 3 is 2.48 bits per heavy atom. The highest BCUT2D eigenvalue weighted by molar-refractivity contribution is 5.60. The lowest BCUT2D eigenvalue weighted by atomic mass is 10.0. The zero-order chi connectivity index (χ0) is 15.8. The summed E-state index contributed by atoms with van der Waals surface area (Å²) in [6.07, 6.45) is 1.16. The van der Waals surface area contributed by atoms with Crippen molar-refractivity contribution in [2.45, 2.75) is 26.3 Å².